The van der Waals surface area contributed by atoms with Crippen molar-refractivity contribution in [2.45, 2.75) is 12.7 Å². The summed E-state index contributed by atoms with van der Waals surface area (Å²) in [6.07, 6.45) is -2.72. The molecule has 0 atom stereocenters. The largest absolute Gasteiger partial charge is 0.405 e. The summed E-state index contributed by atoms with van der Waals surface area (Å²) in [5, 5.41) is 2.75. The van der Waals surface area contributed by atoms with Gasteiger partial charge in [0.15, 0.2) is 0 Å². The lowest BCUT2D eigenvalue weighted by molar-refractivity contribution is -0.138. The first kappa shape index (κ1) is 13.9. The number of halogens is 4. The third-order valence-corrected chi connectivity index (χ3v) is 3.25. The first-order valence-corrected chi connectivity index (χ1v) is 6.23. The third-order valence-electron chi connectivity index (χ3n) is 2.56. The molecular weight excluding hydrogens is 325 g/mol. The van der Waals surface area contributed by atoms with Crippen LogP contribution in [0.5, 0.6) is 0 Å². The van der Waals surface area contributed by atoms with Gasteiger partial charge in [-0.25, -0.2) is 0 Å². The Labute approximate surface area is 115 Å². The highest BCUT2D eigenvalue weighted by molar-refractivity contribution is 9.10. The molecule has 0 bridgehead atoms. The first-order chi connectivity index (χ1) is 8.87. The third kappa shape index (κ3) is 3.50. The van der Waals surface area contributed by atoms with E-state index in [1.807, 2.05) is 11.4 Å². The minimum atomic E-state index is -4.39. The van der Waals surface area contributed by atoms with Gasteiger partial charge in [0.1, 0.15) is 13.1 Å². The molecule has 0 fully saturated rings. The fourth-order valence-corrected chi connectivity index (χ4v) is 2.22. The van der Waals surface area contributed by atoms with E-state index in [-0.39, 0.29) is 6.54 Å². The number of benzene rings is 1. The lowest BCUT2D eigenvalue weighted by Crippen LogP contribution is -2.35. The van der Waals surface area contributed by atoms with Crippen LogP contribution in [0.25, 0.3) is 10.9 Å². The van der Waals surface area contributed by atoms with E-state index >= 15 is 0 Å². The molecule has 19 heavy (non-hydrogen) atoms. The number of nitrogens with one attached hydrogen (secondary N) is 1. The number of carbonyl (C=O) groups excluding carboxylic acids is 1. The second kappa shape index (κ2) is 5.24. The molecule has 0 saturated carbocycles. The van der Waals surface area contributed by atoms with Gasteiger partial charge in [0.2, 0.25) is 5.91 Å². The number of carbonyl (C=O) groups is 1. The van der Waals surface area contributed by atoms with Crippen LogP contribution in [0.1, 0.15) is 0 Å². The summed E-state index contributed by atoms with van der Waals surface area (Å²) in [6.45, 7) is -1.45. The van der Waals surface area contributed by atoms with Crippen molar-refractivity contribution in [3.8, 4) is 0 Å². The van der Waals surface area contributed by atoms with Crippen molar-refractivity contribution in [3.05, 3.63) is 34.9 Å². The number of hydrogen-bond donors (Lipinski definition) is 1. The van der Waals surface area contributed by atoms with E-state index in [4.69, 9.17) is 0 Å². The number of nitrogens with zero attached hydrogens (tertiary/aromatic N) is 1. The fourth-order valence-electron chi connectivity index (χ4n) is 1.73. The van der Waals surface area contributed by atoms with Crippen LogP contribution in [-0.2, 0) is 11.3 Å². The Morgan fingerprint density at radius 1 is 1.32 bits per heavy atom. The molecule has 2 rings (SSSR count). The van der Waals surface area contributed by atoms with Gasteiger partial charge < -0.3 is 9.88 Å². The number of fused-ring (bicyclic) bond motifs is 1. The monoisotopic (exact) mass is 334 g/mol. The summed E-state index contributed by atoms with van der Waals surface area (Å²) in [4.78, 5) is 11.4. The van der Waals surface area contributed by atoms with Crippen LogP contribution in [0.15, 0.2) is 34.9 Å². The maximum absolute atomic E-state index is 12.0. The van der Waals surface area contributed by atoms with Crippen LogP contribution in [-0.4, -0.2) is 23.2 Å². The summed E-state index contributed by atoms with van der Waals surface area (Å²) < 4.78 is 38.4. The van der Waals surface area contributed by atoms with Crippen LogP contribution < -0.4 is 5.32 Å². The molecule has 2 aromatic rings. The molecule has 1 N–H and O–H groups in total. The first-order valence-electron chi connectivity index (χ1n) is 5.43. The van der Waals surface area contributed by atoms with E-state index in [9.17, 15) is 18.0 Å². The molecule has 1 heterocycles. The maximum atomic E-state index is 12.0. The zero-order valence-electron chi connectivity index (χ0n) is 9.67. The van der Waals surface area contributed by atoms with E-state index in [0.29, 0.717) is 0 Å². The molecular formula is C12H10BrF3N2O. The van der Waals surface area contributed by atoms with E-state index in [2.05, 4.69) is 15.9 Å². The van der Waals surface area contributed by atoms with Crippen molar-refractivity contribution in [2.24, 2.45) is 0 Å². The van der Waals surface area contributed by atoms with Gasteiger partial charge in [-0.1, -0.05) is 22.0 Å². The van der Waals surface area contributed by atoms with E-state index in [1.165, 1.54) is 0 Å². The Kier molecular flexibility index (Phi) is 3.84. The highest BCUT2D eigenvalue weighted by Gasteiger charge is 2.27. The minimum absolute atomic E-state index is 0.143. The van der Waals surface area contributed by atoms with Crippen LogP contribution in [0.3, 0.4) is 0 Å². The van der Waals surface area contributed by atoms with Crippen LogP contribution >= 0.6 is 15.9 Å². The molecule has 1 aromatic heterocycles. The standard InChI is InChI=1S/C12H10BrF3N2O/c13-9-2-1-3-10-8(9)4-5-18(10)6-11(19)17-7-12(14,15)16/h1-5H,6-7H2,(H,17,19). The lowest BCUT2D eigenvalue weighted by Gasteiger charge is -2.09. The average molecular weight is 335 g/mol. The number of hydrogen-bond acceptors (Lipinski definition) is 1. The van der Waals surface area contributed by atoms with Crippen molar-refractivity contribution >= 4 is 32.7 Å². The number of aromatic nitrogens is 1. The molecule has 7 heteroatoms. The highest BCUT2D eigenvalue weighted by atomic mass is 79.9. The van der Waals surface area contributed by atoms with E-state index < -0.39 is 18.6 Å². The Balaban J connectivity index is 2.10. The number of rotatable bonds is 3. The normalized spacial score (nSPS) is 11.8. The second-order valence-electron chi connectivity index (χ2n) is 4.01. The van der Waals surface area contributed by atoms with Gasteiger partial charge in [0.05, 0.1) is 0 Å². The molecule has 0 unspecified atom stereocenters. The molecule has 3 nitrogen and oxygen atoms in total. The summed E-state index contributed by atoms with van der Waals surface area (Å²) in [7, 11) is 0. The molecule has 102 valence electrons. The number of alkyl halides is 3. The zero-order chi connectivity index (χ0) is 14.0. The van der Waals surface area contributed by atoms with Crippen molar-refractivity contribution in [1.29, 1.82) is 0 Å². The summed E-state index contributed by atoms with van der Waals surface area (Å²) >= 11 is 3.37. The molecule has 0 saturated heterocycles. The van der Waals surface area contributed by atoms with Crippen molar-refractivity contribution in [3.63, 3.8) is 0 Å². The van der Waals surface area contributed by atoms with Gasteiger partial charge in [-0.2, -0.15) is 13.2 Å². The molecule has 1 amide bonds. The molecule has 0 aliphatic carbocycles. The molecule has 0 aliphatic heterocycles. The number of amides is 1. The Hall–Kier alpha value is -1.50. The highest BCUT2D eigenvalue weighted by Crippen LogP contribution is 2.24. The maximum Gasteiger partial charge on any atom is 0.405 e. The molecule has 1 aromatic carbocycles. The van der Waals surface area contributed by atoms with Crippen molar-refractivity contribution in [1.82, 2.24) is 9.88 Å². The van der Waals surface area contributed by atoms with Crippen LogP contribution in [0.2, 0.25) is 0 Å². The minimum Gasteiger partial charge on any atom is -0.345 e. The van der Waals surface area contributed by atoms with Crippen LogP contribution in [0, 0.1) is 0 Å². The van der Waals surface area contributed by atoms with Crippen molar-refractivity contribution < 1.29 is 18.0 Å². The summed E-state index contributed by atoms with van der Waals surface area (Å²) in [6, 6.07) is 7.26. The topological polar surface area (TPSA) is 34.0 Å². The van der Waals surface area contributed by atoms with Gasteiger partial charge in [-0.05, 0) is 18.2 Å². The van der Waals surface area contributed by atoms with Gasteiger partial charge in [0.25, 0.3) is 0 Å². The van der Waals surface area contributed by atoms with Crippen molar-refractivity contribution in [2.75, 3.05) is 6.54 Å². The summed E-state index contributed by atoms with van der Waals surface area (Å²) in [5.41, 5.74) is 0.788. The fraction of sp³-hybridized carbons (Fsp3) is 0.250. The van der Waals surface area contributed by atoms with Gasteiger partial charge in [0, 0.05) is 21.6 Å². The van der Waals surface area contributed by atoms with E-state index in [1.54, 1.807) is 29.0 Å². The predicted octanol–water partition coefficient (Wildman–Crippen LogP) is 3.08. The average Bonchev–Trinajstić information content (AvgIpc) is 2.71. The van der Waals surface area contributed by atoms with Crippen LogP contribution in [0.4, 0.5) is 13.2 Å². The zero-order valence-corrected chi connectivity index (χ0v) is 11.3. The predicted molar refractivity (Wildman–Crippen MR) is 68.7 cm³/mol. The van der Waals surface area contributed by atoms with Gasteiger partial charge in [-0.15, -0.1) is 0 Å². The SMILES string of the molecule is O=C(Cn1ccc2c(Br)cccc21)NCC(F)(F)F. The lowest BCUT2D eigenvalue weighted by atomic mass is 10.2. The Morgan fingerprint density at radius 2 is 2.05 bits per heavy atom. The van der Waals surface area contributed by atoms with Gasteiger partial charge in [-0.3, -0.25) is 4.79 Å². The van der Waals surface area contributed by atoms with E-state index in [0.717, 1.165) is 15.4 Å². The molecule has 0 spiro atoms. The Morgan fingerprint density at radius 3 is 2.74 bits per heavy atom. The molecule has 0 aliphatic rings. The smallest absolute Gasteiger partial charge is 0.345 e. The quantitative estimate of drug-likeness (QED) is 0.919. The second-order valence-corrected chi connectivity index (χ2v) is 4.86. The summed E-state index contributed by atoms with van der Waals surface area (Å²) in [5.74, 6) is -0.671. The Bertz CT molecular complexity index is 607. The molecule has 0 radical (unpaired) electrons. The van der Waals surface area contributed by atoms with Gasteiger partial charge >= 0.3 is 6.18 Å².